The van der Waals surface area contributed by atoms with Gasteiger partial charge in [-0.1, -0.05) is 6.92 Å². The second-order valence-corrected chi connectivity index (χ2v) is 10.4. The number of hydrogen-bond donors (Lipinski definition) is 2. The molecule has 4 bridgehead atoms. The molecular formula is C20H27NO4S. The van der Waals surface area contributed by atoms with Gasteiger partial charge in [0.05, 0.1) is 10.5 Å². The van der Waals surface area contributed by atoms with Crippen molar-refractivity contribution in [3.05, 3.63) is 29.8 Å². The number of hydrogen-bond acceptors (Lipinski definition) is 3. The molecule has 1 aromatic rings. The van der Waals surface area contributed by atoms with Gasteiger partial charge in [0.15, 0.2) is 0 Å². The molecule has 0 amide bonds. The van der Waals surface area contributed by atoms with Gasteiger partial charge in [0.2, 0.25) is 10.0 Å². The second-order valence-electron chi connectivity index (χ2n) is 8.69. The third kappa shape index (κ3) is 3.07. The minimum Gasteiger partial charge on any atom is -0.478 e. The Morgan fingerprint density at radius 3 is 2.04 bits per heavy atom. The normalized spacial score (nSPS) is 34.0. The lowest BCUT2D eigenvalue weighted by Crippen LogP contribution is -2.56. The maximum Gasteiger partial charge on any atom is 0.335 e. The van der Waals surface area contributed by atoms with E-state index in [0.29, 0.717) is 0 Å². The average molecular weight is 378 g/mol. The van der Waals surface area contributed by atoms with Crippen LogP contribution in [0.15, 0.2) is 29.2 Å². The first-order valence-corrected chi connectivity index (χ1v) is 11.2. The first-order chi connectivity index (χ1) is 12.3. The van der Waals surface area contributed by atoms with Crippen molar-refractivity contribution in [1.29, 1.82) is 0 Å². The van der Waals surface area contributed by atoms with E-state index in [9.17, 15) is 13.2 Å². The van der Waals surface area contributed by atoms with Crippen molar-refractivity contribution in [2.45, 2.75) is 62.8 Å². The SMILES string of the molecule is CC[C@H](NS(=O)(=O)c1ccc(C(=O)O)cc1)C12CC3CC(CC(C3)C1)C2. The molecule has 0 heterocycles. The highest BCUT2D eigenvalue weighted by molar-refractivity contribution is 7.89. The molecule has 4 aliphatic carbocycles. The molecule has 0 aliphatic heterocycles. The molecule has 4 saturated carbocycles. The molecule has 4 aliphatic rings. The van der Waals surface area contributed by atoms with Crippen LogP contribution in [0.25, 0.3) is 0 Å². The Bertz CT molecular complexity index is 764. The Morgan fingerprint density at radius 2 is 1.62 bits per heavy atom. The van der Waals surface area contributed by atoms with E-state index in [1.54, 1.807) is 0 Å². The molecule has 4 fully saturated rings. The molecule has 0 unspecified atom stereocenters. The highest BCUT2D eigenvalue weighted by Crippen LogP contribution is 2.61. The van der Waals surface area contributed by atoms with Gasteiger partial charge in [0, 0.05) is 6.04 Å². The van der Waals surface area contributed by atoms with E-state index < -0.39 is 16.0 Å². The maximum atomic E-state index is 12.9. The quantitative estimate of drug-likeness (QED) is 0.792. The third-order valence-corrected chi connectivity index (χ3v) is 8.43. The molecule has 0 spiro atoms. The number of carboxylic acid groups (broad SMARTS) is 1. The summed E-state index contributed by atoms with van der Waals surface area (Å²) in [7, 11) is -3.65. The Morgan fingerprint density at radius 1 is 1.12 bits per heavy atom. The van der Waals surface area contributed by atoms with Gasteiger partial charge in [-0.3, -0.25) is 0 Å². The Labute approximate surface area is 155 Å². The second kappa shape index (κ2) is 6.34. The van der Waals surface area contributed by atoms with Crippen LogP contribution < -0.4 is 4.72 Å². The number of sulfonamides is 1. The van der Waals surface area contributed by atoms with Crippen LogP contribution in [0.2, 0.25) is 0 Å². The lowest BCUT2D eigenvalue weighted by molar-refractivity contribution is -0.0704. The summed E-state index contributed by atoms with van der Waals surface area (Å²) in [6.07, 6.45) is 8.24. The van der Waals surface area contributed by atoms with Crippen molar-refractivity contribution < 1.29 is 18.3 Å². The van der Waals surface area contributed by atoms with Crippen LogP contribution in [0, 0.1) is 23.2 Å². The molecule has 0 saturated heterocycles. The number of carbonyl (C=O) groups is 1. The topological polar surface area (TPSA) is 83.5 Å². The summed E-state index contributed by atoms with van der Waals surface area (Å²) in [4.78, 5) is 11.1. The van der Waals surface area contributed by atoms with E-state index >= 15 is 0 Å². The fraction of sp³-hybridized carbons (Fsp3) is 0.650. The van der Waals surface area contributed by atoms with Gasteiger partial charge >= 0.3 is 5.97 Å². The summed E-state index contributed by atoms with van der Waals surface area (Å²) in [6, 6.07) is 5.43. The maximum absolute atomic E-state index is 12.9. The number of nitrogens with one attached hydrogen (secondary N) is 1. The lowest BCUT2D eigenvalue weighted by atomic mass is 9.47. The highest BCUT2D eigenvalue weighted by atomic mass is 32.2. The third-order valence-electron chi connectivity index (χ3n) is 6.94. The van der Waals surface area contributed by atoms with Crippen molar-refractivity contribution in [3.63, 3.8) is 0 Å². The monoisotopic (exact) mass is 377 g/mol. The van der Waals surface area contributed by atoms with E-state index in [1.807, 2.05) is 0 Å². The van der Waals surface area contributed by atoms with Crippen molar-refractivity contribution in [2.24, 2.45) is 23.2 Å². The molecule has 6 heteroatoms. The van der Waals surface area contributed by atoms with Crippen molar-refractivity contribution in [2.75, 3.05) is 0 Å². The number of aromatic carboxylic acids is 1. The van der Waals surface area contributed by atoms with Crippen molar-refractivity contribution in [1.82, 2.24) is 4.72 Å². The smallest absolute Gasteiger partial charge is 0.335 e. The zero-order chi connectivity index (χ0) is 18.5. The zero-order valence-electron chi connectivity index (χ0n) is 15.1. The fourth-order valence-corrected chi connectivity index (χ4v) is 7.70. The standard InChI is InChI=1S/C20H27NO4S/c1-2-18(20-10-13-7-14(11-20)9-15(8-13)12-20)21-26(24,25)17-5-3-16(4-6-17)19(22)23/h3-6,13-15,18,21H,2,7-12H2,1H3,(H,22,23)/t13?,14?,15?,18-,20?/m0/s1. The van der Waals surface area contributed by atoms with E-state index in [-0.39, 0.29) is 21.9 Å². The van der Waals surface area contributed by atoms with Crippen LogP contribution in [0.5, 0.6) is 0 Å². The summed E-state index contributed by atoms with van der Waals surface area (Å²) >= 11 is 0. The van der Waals surface area contributed by atoms with Crippen LogP contribution in [0.3, 0.4) is 0 Å². The average Bonchev–Trinajstić information content (AvgIpc) is 2.58. The van der Waals surface area contributed by atoms with Gasteiger partial charge in [0.25, 0.3) is 0 Å². The van der Waals surface area contributed by atoms with Gasteiger partial charge in [-0.25, -0.2) is 17.9 Å². The molecule has 26 heavy (non-hydrogen) atoms. The van der Waals surface area contributed by atoms with Crippen LogP contribution >= 0.6 is 0 Å². The molecule has 142 valence electrons. The molecule has 1 aromatic carbocycles. The number of rotatable bonds is 6. The van der Waals surface area contributed by atoms with Gasteiger partial charge in [-0.2, -0.15) is 0 Å². The van der Waals surface area contributed by atoms with Crippen LogP contribution in [-0.4, -0.2) is 25.5 Å². The van der Waals surface area contributed by atoms with Crippen molar-refractivity contribution in [3.8, 4) is 0 Å². The minimum atomic E-state index is -3.65. The van der Waals surface area contributed by atoms with Gasteiger partial charge < -0.3 is 5.11 Å². The summed E-state index contributed by atoms with van der Waals surface area (Å²) < 4.78 is 28.8. The first kappa shape index (κ1) is 18.0. The molecule has 0 aromatic heterocycles. The van der Waals surface area contributed by atoms with E-state index in [4.69, 9.17) is 5.11 Å². The van der Waals surface area contributed by atoms with Crippen LogP contribution in [-0.2, 0) is 10.0 Å². The Kier molecular flexibility index (Phi) is 4.39. The molecule has 5 nitrogen and oxygen atoms in total. The minimum absolute atomic E-state index is 0.0416. The molecular weight excluding hydrogens is 350 g/mol. The Balaban J connectivity index is 1.57. The van der Waals surface area contributed by atoms with Gasteiger partial charge in [0.1, 0.15) is 0 Å². The summed E-state index contributed by atoms with van der Waals surface area (Å²) in [5.41, 5.74) is 0.203. The summed E-state index contributed by atoms with van der Waals surface area (Å²) in [5, 5.41) is 8.99. The first-order valence-electron chi connectivity index (χ1n) is 9.67. The largest absolute Gasteiger partial charge is 0.478 e. The molecule has 5 rings (SSSR count). The van der Waals surface area contributed by atoms with Crippen LogP contribution in [0.4, 0.5) is 0 Å². The predicted molar refractivity (Wildman–Crippen MR) is 98.4 cm³/mol. The molecule has 0 radical (unpaired) electrons. The Hall–Kier alpha value is -1.40. The van der Waals surface area contributed by atoms with E-state index in [1.165, 1.54) is 43.5 Å². The van der Waals surface area contributed by atoms with Crippen LogP contribution in [0.1, 0.15) is 62.2 Å². The van der Waals surface area contributed by atoms with E-state index in [0.717, 1.165) is 43.4 Å². The summed E-state index contributed by atoms with van der Waals surface area (Å²) in [6.45, 7) is 2.07. The number of carboxylic acids is 1. The van der Waals surface area contributed by atoms with E-state index in [2.05, 4.69) is 11.6 Å². The molecule has 2 N–H and O–H groups in total. The predicted octanol–water partition coefficient (Wildman–Crippen LogP) is 3.66. The van der Waals surface area contributed by atoms with Gasteiger partial charge in [-0.15, -0.1) is 0 Å². The molecule has 1 atom stereocenters. The van der Waals surface area contributed by atoms with Gasteiger partial charge in [-0.05, 0) is 92.4 Å². The number of benzene rings is 1. The van der Waals surface area contributed by atoms with Crippen molar-refractivity contribution >= 4 is 16.0 Å². The fourth-order valence-electron chi connectivity index (χ4n) is 6.28. The summed E-state index contributed by atoms with van der Waals surface area (Å²) in [5.74, 6) is 1.26. The zero-order valence-corrected chi connectivity index (χ0v) is 16.0. The lowest BCUT2D eigenvalue weighted by Gasteiger charge is -2.59. The highest BCUT2D eigenvalue weighted by Gasteiger charge is 2.54.